The van der Waals surface area contributed by atoms with E-state index >= 15 is 0 Å². The Morgan fingerprint density at radius 2 is 0.897 bits per heavy atom. The molecule has 1 atom stereocenters. The molecule has 0 aliphatic heterocycles. The van der Waals surface area contributed by atoms with E-state index in [2.05, 4.69) is 13.8 Å². The Balaban J connectivity index is -0.00000684. The molecule has 0 amide bonds. The van der Waals surface area contributed by atoms with Crippen LogP contribution in [0.2, 0.25) is 0 Å². The van der Waals surface area contributed by atoms with Gasteiger partial charge >= 0.3 is 63.3 Å². The third-order valence-electron chi connectivity index (χ3n) is 6.98. The predicted molar refractivity (Wildman–Crippen MR) is 156 cm³/mol. The largest absolute Gasteiger partial charge is 1.00 e. The molecule has 0 aliphatic rings. The SMILES string of the molecule is CCCCCCCCCCCCCOC(=O)CC(C(=O)OCCCCCCCCCCCCC)S(=O)(=O)O.[H-].[K+]. The van der Waals surface area contributed by atoms with Crippen LogP contribution in [0.3, 0.4) is 0 Å². The number of ether oxygens (including phenoxy) is 2. The molecule has 0 fully saturated rings. The first-order valence-electron chi connectivity index (χ1n) is 15.6. The minimum absolute atomic E-state index is 0. The molecular weight excluding hydrogens is 543 g/mol. The van der Waals surface area contributed by atoms with Gasteiger partial charge in [-0.15, -0.1) is 0 Å². The van der Waals surface area contributed by atoms with Crippen LogP contribution in [0.15, 0.2) is 0 Å². The molecule has 0 aromatic rings. The molecule has 0 aromatic carbocycles. The van der Waals surface area contributed by atoms with Gasteiger partial charge in [-0.25, -0.2) is 0 Å². The Morgan fingerprint density at radius 1 is 0.590 bits per heavy atom. The van der Waals surface area contributed by atoms with Crippen LogP contribution in [-0.4, -0.2) is 43.4 Å². The maximum absolute atomic E-state index is 12.2. The second kappa shape index (κ2) is 30.0. The summed E-state index contributed by atoms with van der Waals surface area (Å²) >= 11 is 0. The Labute approximate surface area is 284 Å². The number of carbonyl (C=O) groups excluding carboxylic acids is 2. The van der Waals surface area contributed by atoms with Crippen LogP contribution in [0, 0.1) is 0 Å². The van der Waals surface area contributed by atoms with Crippen molar-refractivity contribution in [3.05, 3.63) is 0 Å². The van der Waals surface area contributed by atoms with Crippen molar-refractivity contribution >= 4 is 22.1 Å². The van der Waals surface area contributed by atoms with Crippen molar-refractivity contribution in [2.24, 2.45) is 0 Å². The van der Waals surface area contributed by atoms with Crippen LogP contribution in [-0.2, 0) is 29.2 Å². The summed E-state index contributed by atoms with van der Waals surface area (Å²) in [4.78, 5) is 24.3. The minimum Gasteiger partial charge on any atom is -1.00 e. The van der Waals surface area contributed by atoms with Gasteiger partial charge in [0.15, 0.2) is 5.25 Å². The second-order valence-corrected chi connectivity index (χ2v) is 12.3. The third-order valence-corrected chi connectivity index (χ3v) is 8.06. The number of unbranched alkanes of at least 4 members (excludes halogenated alkanes) is 20. The van der Waals surface area contributed by atoms with Crippen molar-refractivity contribution in [2.75, 3.05) is 13.2 Å². The first-order valence-corrected chi connectivity index (χ1v) is 17.1. The fraction of sp³-hybridized carbons (Fsp3) is 0.933. The summed E-state index contributed by atoms with van der Waals surface area (Å²) in [5.41, 5.74) is 0. The standard InChI is InChI=1S/C30H58O7S.K.H/c1-3-5-7-9-11-13-15-17-19-21-23-25-36-29(31)27-28(38(33,34)35)30(32)37-26-24-22-20-18-16-14-12-10-8-6-4-2;;/h28H,3-27H2,1-2H3,(H,33,34,35);;/q;+1;-1. The van der Waals surface area contributed by atoms with Gasteiger partial charge in [0.05, 0.1) is 19.6 Å². The number of hydrogen-bond donors (Lipinski definition) is 1. The topological polar surface area (TPSA) is 107 Å². The van der Waals surface area contributed by atoms with Crippen molar-refractivity contribution in [1.82, 2.24) is 0 Å². The maximum Gasteiger partial charge on any atom is 1.00 e. The van der Waals surface area contributed by atoms with Gasteiger partial charge in [0, 0.05) is 0 Å². The molecule has 0 heterocycles. The molecule has 0 radical (unpaired) electrons. The molecule has 0 rings (SSSR count). The molecule has 1 unspecified atom stereocenters. The summed E-state index contributed by atoms with van der Waals surface area (Å²) in [6.45, 7) is 4.70. The Hall–Kier alpha value is 0.486. The Bertz CT molecular complexity index is 677. The van der Waals surface area contributed by atoms with Gasteiger partial charge < -0.3 is 10.9 Å². The van der Waals surface area contributed by atoms with Crippen molar-refractivity contribution in [1.29, 1.82) is 0 Å². The zero-order valence-electron chi connectivity index (χ0n) is 26.6. The smallest absolute Gasteiger partial charge is 1.00 e. The molecule has 9 heteroatoms. The molecule has 0 bridgehead atoms. The monoisotopic (exact) mass is 602 g/mol. The van der Waals surface area contributed by atoms with Crippen LogP contribution in [0.5, 0.6) is 0 Å². The van der Waals surface area contributed by atoms with E-state index in [0.29, 0.717) is 12.8 Å². The van der Waals surface area contributed by atoms with E-state index in [9.17, 15) is 22.6 Å². The first-order chi connectivity index (χ1) is 18.3. The van der Waals surface area contributed by atoms with Crippen molar-refractivity contribution in [2.45, 2.75) is 167 Å². The van der Waals surface area contributed by atoms with Gasteiger partial charge in [-0.05, 0) is 12.8 Å². The Morgan fingerprint density at radius 3 is 1.23 bits per heavy atom. The summed E-state index contributed by atoms with van der Waals surface area (Å²) < 4.78 is 42.9. The summed E-state index contributed by atoms with van der Waals surface area (Å²) in [5, 5.41) is -1.93. The molecule has 228 valence electrons. The zero-order valence-corrected chi connectivity index (χ0v) is 29.5. The van der Waals surface area contributed by atoms with Crippen LogP contribution in [0.1, 0.15) is 163 Å². The summed E-state index contributed by atoms with van der Waals surface area (Å²) in [6.07, 6.45) is 24.8. The van der Waals surface area contributed by atoms with Crippen molar-refractivity contribution in [3.8, 4) is 0 Å². The number of carbonyl (C=O) groups is 2. The summed E-state index contributed by atoms with van der Waals surface area (Å²) in [7, 11) is -4.76. The first kappa shape index (κ1) is 41.6. The Kier molecular flexibility index (Phi) is 32.0. The molecule has 39 heavy (non-hydrogen) atoms. The van der Waals surface area contributed by atoms with E-state index in [4.69, 9.17) is 9.47 Å². The fourth-order valence-corrected chi connectivity index (χ4v) is 5.16. The van der Waals surface area contributed by atoms with E-state index in [0.717, 1.165) is 38.5 Å². The van der Waals surface area contributed by atoms with Gasteiger partial charge in [-0.3, -0.25) is 14.1 Å². The number of rotatable bonds is 28. The number of hydrogen-bond acceptors (Lipinski definition) is 6. The number of esters is 2. The van der Waals surface area contributed by atoms with E-state index < -0.39 is 33.7 Å². The molecule has 0 saturated carbocycles. The summed E-state index contributed by atoms with van der Waals surface area (Å²) in [5.74, 6) is -1.91. The van der Waals surface area contributed by atoms with Crippen LogP contribution < -0.4 is 51.4 Å². The van der Waals surface area contributed by atoms with E-state index in [1.807, 2.05) is 0 Å². The fourth-order valence-electron chi connectivity index (χ4n) is 4.50. The third kappa shape index (κ3) is 28.4. The van der Waals surface area contributed by atoms with Crippen LogP contribution in [0.4, 0.5) is 0 Å². The zero-order chi connectivity index (χ0) is 28.3. The average molecular weight is 603 g/mol. The molecule has 0 aliphatic carbocycles. The molecule has 0 saturated heterocycles. The van der Waals surface area contributed by atoms with Gasteiger partial charge in [0.25, 0.3) is 10.1 Å². The van der Waals surface area contributed by atoms with Crippen molar-refractivity contribution < 1.29 is 84.8 Å². The van der Waals surface area contributed by atoms with Crippen molar-refractivity contribution in [3.63, 3.8) is 0 Å². The molecule has 0 aromatic heterocycles. The minimum atomic E-state index is -4.76. The average Bonchev–Trinajstić information content (AvgIpc) is 2.87. The van der Waals surface area contributed by atoms with Crippen LogP contribution in [0.25, 0.3) is 0 Å². The van der Waals surface area contributed by atoms with Gasteiger partial charge in [-0.2, -0.15) is 8.42 Å². The van der Waals surface area contributed by atoms with E-state index in [1.54, 1.807) is 0 Å². The quantitative estimate of drug-likeness (QED) is 0.0549. The van der Waals surface area contributed by atoms with Crippen LogP contribution >= 0.6 is 0 Å². The molecule has 7 nitrogen and oxygen atoms in total. The van der Waals surface area contributed by atoms with Gasteiger partial charge in [0.1, 0.15) is 0 Å². The maximum atomic E-state index is 12.2. The molecular formula is C30H59KO7S. The van der Waals surface area contributed by atoms with Gasteiger partial charge in [-0.1, -0.05) is 142 Å². The van der Waals surface area contributed by atoms with E-state index in [1.165, 1.54) is 89.9 Å². The molecule has 1 N–H and O–H groups in total. The predicted octanol–water partition coefficient (Wildman–Crippen LogP) is 5.46. The molecule has 0 spiro atoms. The summed E-state index contributed by atoms with van der Waals surface area (Å²) in [6, 6.07) is 0. The van der Waals surface area contributed by atoms with Gasteiger partial charge in [0.2, 0.25) is 0 Å². The normalized spacial score (nSPS) is 12.1. The van der Waals surface area contributed by atoms with E-state index in [-0.39, 0.29) is 66.0 Å². The second-order valence-electron chi connectivity index (χ2n) is 10.7.